The number of nitrogen functional groups attached to an aromatic ring is 1. The summed E-state index contributed by atoms with van der Waals surface area (Å²) in [7, 11) is 0. The molecule has 1 heterocycles. The molecule has 0 aliphatic rings. The zero-order valence-corrected chi connectivity index (χ0v) is 5.22. The smallest absolute Gasteiger partial charge is 0.192 e. The van der Waals surface area contributed by atoms with Crippen LogP contribution in [0.25, 0.3) is 0 Å². The molecule has 0 aliphatic heterocycles. The second-order valence-electron chi connectivity index (χ2n) is 1.81. The largest absolute Gasteiger partial charge is 0.385 e. The second kappa shape index (κ2) is 2.34. The van der Waals surface area contributed by atoms with Gasteiger partial charge in [-0.15, -0.1) is 0 Å². The lowest BCUT2D eigenvalue weighted by molar-refractivity contribution is 1.30. The number of H-pyrrole nitrogens is 1. The molecule has 0 aromatic carbocycles. The number of hydrogen-bond acceptors (Lipinski definition) is 3. The van der Waals surface area contributed by atoms with Gasteiger partial charge in [-0.1, -0.05) is 0 Å². The molecule has 0 unspecified atom stereocenters. The van der Waals surface area contributed by atoms with Crippen LogP contribution >= 0.6 is 0 Å². The summed E-state index contributed by atoms with van der Waals surface area (Å²) in [6, 6.07) is 1.33. The third-order valence-corrected chi connectivity index (χ3v) is 1.17. The number of pyridine rings is 1. The van der Waals surface area contributed by atoms with Crippen LogP contribution in [-0.4, -0.2) is 11.2 Å². The van der Waals surface area contributed by atoms with Gasteiger partial charge >= 0.3 is 0 Å². The molecule has 0 fully saturated rings. The van der Waals surface area contributed by atoms with Gasteiger partial charge in [-0.3, -0.25) is 4.79 Å². The third-order valence-electron chi connectivity index (χ3n) is 1.17. The van der Waals surface area contributed by atoms with Gasteiger partial charge in [0.15, 0.2) is 5.43 Å². The fourth-order valence-electron chi connectivity index (χ4n) is 0.656. The summed E-state index contributed by atoms with van der Waals surface area (Å²) in [5.41, 5.74) is 5.31. The van der Waals surface area contributed by atoms with Gasteiger partial charge in [0.05, 0.1) is 5.56 Å². The van der Waals surface area contributed by atoms with E-state index in [4.69, 9.17) is 11.1 Å². The first kappa shape index (κ1) is 6.54. The zero-order chi connectivity index (χ0) is 7.56. The van der Waals surface area contributed by atoms with E-state index in [2.05, 4.69) is 4.98 Å². The van der Waals surface area contributed by atoms with Gasteiger partial charge in [0.2, 0.25) is 0 Å². The molecule has 0 saturated heterocycles. The van der Waals surface area contributed by atoms with Crippen molar-refractivity contribution in [2.24, 2.45) is 0 Å². The van der Waals surface area contributed by atoms with E-state index in [0.29, 0.717) is 0 Å². The van der Waals surface area contributed by atoms with Gasteiger partial charge in [-0.2, -0.15) is 0 Å². The van der Waals surface area contributed by atoms with Crippen molar-refractivity contribution in [1.82, 2.24) is 4.98 Å². The minimum absolute atomic E-state index is 0.211. The van der Waals surface area contributed by atoms with Gasteiger partial charge < -0.3 is 16.1 Å². The molecule has 10 heavy (non-hydrogen) atoms. The molecule has 52 valence electrons. The molecular formula is C6H7N3O. The van der Waals surface area contributed by atoms with Gasteiger partial charge in [0, 0.05) is 18.5 Å². The lowest BCUT2D eigenvalue weighted by Gasteiger charge is -1.94. The maximum atomic E-state index is 10.8. The van der Waals surface area contributed by atoms with Crippen LogP contribution in [0.5, 0.6) is 0 Å². The van der Waals surface area contributed by atoms with Crippen LogP contribution in [0.15, 0.2) is 17.1 Å². The molecule has 1 aromatic heterocycles. The van der Waals surface area contributed by atoms with Crippen molar-refractivity contribution in [3.63, 3.8) is 0 Å². The Bertz CT molecular complexity index is 302. The highest BCUT2D eigenvalue weighted by Gasteiger charge is 1.97. The molecule has 1 rings (SSSR count). The van der Waals surface area contributed by atoms with Crippen LogP contribution < -0.4 is 11.2 Å². The van der Waals surface area contributed by atoms with E-state index in [1.165, 1.54) is 12.3 Å². The fourth-order valence-corrected chi connectivity index (χ4v) is 0.656. The number of anilines is 1. The van der Waals surface area contributed by atoms with Crippen LogP contribution in [-0.2, 0) is 0 Å². The molecular weight excluding hydrogens is 130 g/mol. The Balaban J connectivity index is 3.45. The lowest BCUT2D eigenvalue weighted by Crippen LogP contribution is -2.10. The third kappa shape index (κ3) is 0.907. The minimum atomic E-state index is -0.230. The van der Waals surface area contributed by atoms with E-state index < -0.39 is 0 Å². The Labute approximate surface area is 57.2 Å². The molecule has 0 bridgehead atoms. The van der Waals surface area contributed by atoms with E-state index in [9.17, 15) is 4.79 Å². The molecule has 4 nitrogen and oxygen atoms in total. The van der Waals surface area contributed by atoms with Gasteiger partial charge in [-0.25, -0.2) is 0 Å². The first-order valence-corrected chi connectivity index (χ1v) is 2.73. The molecule has 4 heteroatoms. The SMILES string of the molecule is N=Cc1c(N)[nH]ccc1=O. The number of nitrogens with two attached hydrogens (primary N) is 1. The van der Waals surface area contributed by atoms with Crippen molar-refractivity contribution >= 4 is 12.0 Å². The van der Waals surface area contributed by atoms with Crippen LogP contribution in [0.3, 0.4) is 0 Å². The summed E-state index contributed by atoms with van der Waals surface area (Å²) in [6.07, 6.45) is 2.39. The van der Waals surface area contributed by atoms with Crippen LogP contribution in [0.1, 0.15) is 5.56 Å². The second-order valence-corrected chi connectivity index (χ2v) is 1.81. The van der Waals surface area contributed by atoms with Crippen LogP contribution in [0.2, 0.25) is 0 Å². The number of aromatic amines is 1. The van der Waals surface area contributed by atoms with E-state index in [0.717, 1.165) is 6.21 Å². The van der Waals surface area contributed by atoms with E-state index in [1.807, 2.05) is 0 Å². The van der Waals surface area contributed by atoms with Crippen LogP contribution in [0.4, 0.5) is 5.82 Å². The highest BCUT2D eigenvalue weighted by atomic mass is 16.1. The molecule has 0 amide bonds. The Morgan fingerprint density at radius 1 is 1.70 bits per heavy atom. The molecule has 0 saturated carbocycles. The van der Waals surface area contributed by atoms with Gasteiger partial charge in [0.1, 0.15) is 5.82 Å². The predicted octanol–water partition coefficient (Wildman–Crippen LogP) is -0.0452. The minimum Gasteiger partial charge on any atom is -0.385 e. The first-order valence-electron chi connectivity index (χ1n) is 2.73. The number of aromatic nitrogens is 1. The first-order chi connectivity index (χ1) is 4.75. The molecule has 0 aliphatic carbocycles. The van der Waals surface area contributed by atoms with E-state index >= 15 is 0 Å². The number of nitrogens with one attached hydrogen (secondary N) is 2. The lowest BCUT2D eigenvalue weighted by atomic mass is 10.3. The Morgan fingerprint density at radius 2 is 2.40 bits per heavy atom. The van der Waals surface area contributed by atoms with E-state index in [-0.39, 0.29) is 16.8 Å². The van der Waals surface area contributed by atoms with Crippen molar-refractivity contribution < 1.29 is 0 Å². The maximum Gasteiger partial charge on any atom is 0.192 e. The summed E-state index contributed by atoms with van der Waals surface area (Å²) >= 11 is 0. The van der Waals surface area contributed by atoms with Crippen molar-refractivity contribution in [3.8, 4) is 0 Å². The summed E-state index contributed by atoms with van der Waals surface area (Å²) in [5.74, 6) is 0.238. The van der Waals surface area contributed by atoms with E-state index in [1.54, 1.807) is 0 Å². The molecule has 4 N–H and O–H groups in total. The summed E-state index contributed by atoms with van der Waals surface area (Å²) in [6.45, 7) is 0. The average Bonchev–Trinajstić information content (AvgIpc) is 1.88. The summed E-state index contributed by atoms with van der Waals surface area (Å²) < 4.78 is 0. The maximum absolute atomic E-state index is 10.8. The summed E-state index contributed by atoms with van der Waals surface area (Å²) in [4.78, 5) is 13.4. The molecule has 0 atom stereocenters. The molecule has 0 radical (unpaired) electrons. The number of rotatable bonds is 1. The monoisotopic (exact) mass is 137 g/mol. The number of hydrogen-bond donors (Lipinski definition) is 3. The highest BCUT2D eigenvalue weighted by molar-refractivity contribution is 5.82. The van der Waals surface area contributed by atoms with Gasteiger partial charge in [-0.05, 0) is 0 Å². The standard InChI is InChI=1S/C6H7N3O/c7-3-4-5(10)1-2-9-6(4)8/h1-3,7H,(H3,8,9,10). The summed E-state index contributed by atoms with van der Waals surface area (Å²) in [5, 5.41) is 6.80. The Hall–Kier alpha value is -1.58. The van der Waals surface area contributed by atoms with Crippen molar-refractivity contribution in [3.05, 3.63) is 28.0 Å². The fraction of sp³-hybridized carbons (Fsp3) is 0. The predicted molar refractivity (Wildman–Crippen MR) is 39.4 cm³/mol. The van der Waals surface area contributed by atoms with Crippen molar-refractivity contribution in [2.75, 3.05) is 5.73 Å². The van der Waals surface area contributed by atoms with Crippen LogP contribution in [0, 0.1) is 5.41 Å². The topological polar surface area (TPSA) is 82.7 Å². The Morgan fingerprint density at radius 3 is 2.80 bits per heavy atom. The van der Waals surface area contributed by atoms with Crippen molar-refractivity contribution in [2.45, 2.75) is 0 Å². The normalized spacial score (nSPS) is 9.20. The Kier molecular flexibility index (Phi) is 1.53. The highest BCUT2D eigenvalue weighted by Crippen LogP contribution is 1.95. The quantitative estimate of drug-likeness (QED) is 0.474. The molecule has 0 spiro atoms. The molecule has 1 aromatic rings. The van der Waals surface area contributed by atoms with Gasteiger partial charge in [0.25, 0.3) is 0 Å². The zero-order valence-electron chi connectivity index (χ0n) is 5.22. The average molecular weight is 137 g/mol. The van der Waals surface area contributed by atoms with Crippen molar-refractivity contribution in [1.29, 1.82) is 5.41 Å².